The van der Waals surface area contributed by atoms with Crippen LogP contribution in [0.15, 0.2) is 42.0 Å². The smallest absolute Gasteiger partial charge is 0.309 e. The molecule has 4 rings (SSSR count). The summed E-state index contributed by atoms with van der Waals surface area (Å²) in [5, 5.41) is 12.2. The van der Waals surface area contributed by atoms with Crippen molar-refractivity contribution in [2.45, 2.75) is 89.8 Å². The van der Waals surface area contributed by atoms with Crippen LogP contribution in [0.1, 0.15) is 83.1 Å². The Morgan fingerprint density at radius 3 is 2.72 bits per heavy atom. The Bertz CT molecular complexity index is 829. The quantitative estimate of drug-likeness (QED) is 0.468. The van der Waals surface area contributed by atoms with Gasteiger partial charge in [0.25, 0.3) is 0 Å². The van der Waals surface area contributed by atoms with Crippen LogP contribution in [-0.2, 0) is 20.9 Å². The van der Waals surface area contributed by atoms with Crippen LogP contribution >= 0.6 is 0 Å². The topological polar surface area (TPSA) is 63.6 Å². The third-order valence-corrected chi connectivity index (χ3v) is 8.34. The Hall–Kier alpha value is -1.94. The average molecular weight is 439 g/mol. The molecule has 1 N–H and O–H groups in total. The zero-order chi connectivity index (χ0) is 22.6. The first-order chi connectivity index (χ1) is 15.5. The van der Waals surface area contributed by atoms with Gasteiger partial charge in [-0.15, -0.1) is 0 Å². The number of fused-ring (bicyclic) bond motifs is 3. The third kappa shape index (κ3) is 5.17. The first-order valence-electron chi connectivity index (χ1n) is 12.6. The van der Waals surface area contributed by atoms with E-state index in [4.69, 9.17) is 4.74 Å². The molecule has 2 saturated carbocycles. The van der Waals surface area contributed by atoms with E-state index >= 15 is 0 Å². The molecule has 32 heavy (non-hydrogen) atoms. The molecule has 5 unspecified atom stereocenters. The molecule has 4 nitrogen and oxygen atoms in total. The molecule has 3 aliphatic carbocycles. The molecule has 0 aliphatic heterocycles. The molecule has 0 saturated heterocycles. The third-order valence-electron chi connectivity index (χ3n) is 8.34. The van der Waals surface area contributed by atoms with E-state index in [9.17, 15) is 14.7 Å². The standard InChI is InChI=1S/C28H38O4/c1-2-21-12-14-23(29)16-17-28(31,18-26(30)32-19-20-8-4-3-5-9-20)27-24-11-7-6-10-22(24)13-15-25(21)27/h3-5,8-10,21,24-25,27,31H,2,6-7,11-19H2,1H3. The summed E-state index contributed by atoms with van der Waals surface area (Å²) < 4.78 is 5.60. The zero-order valence-electron chi connectivity index (χ0n) is 19.4. The minimum Gasteiger partial charge on any atom is -0.461 e. The van der Waals surface area contributed by atoms with Crippen LogP contribution in [-0.4, -0.2) is 22.5 Å². The highest BCUT2D eigenvalue weighted by Gasteiger charge is 2.52. The molecule has 174 valence electrons. The highest BCUT2D eigenvalue weighted by molar-refractivity contribution is 5.78. The lowest BCUT2D eigenvalue weighted by Gasteiger charge is -2.51. The van der Waals surface area contributed by atoms with Gasteiger partial charge in [-0.05, 0) is 74.2 Å². The first kappa shape index (κ1) is 23.2. The van der Waals surface area contributed by atoms with Crippen molar-refractivity contribution in [2.75, 3.05) is 0 Å². The van der Waals surface area contributed by atoms with Crippen molar-refractivity contribution < 1.29 is 19.4 Å². The average Bonchev–Trinajstić information content (AvgIpc) is 2.86. The number of hydrogen-bond acceptors (Lipinski definition) is 4. The Morgan fingerprint density at radius 2 is 1.94 bits per heavy atom. The number of Topliss-reactive ketones (excluding diaryl/α,β-unsaturated/α-hetero) is 1. The van der Waals surface area contributed by atoms with Crippen molar-refractivity contribution in [2.24, 2.45) is 23.7 Å². The maximum atomic E-state index is 13.0. The second-order valence-electron chi connectivity index (χ2n) is 10.2. The monoisotopic (exact) mass is 438 g/mol. The molecule has 0 bridgehead atoms. The summed E-state index contributed by atoms with van der Waals surface area (Å²) in [7, 11) is 0. The molecule has 5 atom stereocenters. The number of carbonyl (C=O) groups excluding carboxylic acids is 2. The maximum Gasteiger partial charge on any atom is 0.309 e. The Labute approximate surface area is 192 Å². The lowest BCUT2D eigenvalue weighted by atomic mass is 9.55. The SMILES string of the molecule is CCC1CCC(=O)CCC(O)(CC(=O)OCc2ccccc2)C2C3CCCC=C3CCC12. The van der Waals surface area contributed by atoms with Crippen molar-refractivity contribution in [3.8, 4) is 0 Å². The van der Waals surface area contributed by atoms with Crippen LogP contribution in [0.25, 0.3) is 0 Å². The van der Waals surface area contributed by atoms with Crippen molar-refractivity contribution in [3.05, 3.63) is 47.5 Å². The van der Waals surface area contributed by atoms with Gasteiger partial charge < -0.3 is 9.84 Å². The molecule has 2 fully saturated rings. The number of hydrogen-bond donors (Lipinski definition) is 1. The first-order valence-corrected chi connectivity index (χ1v) is 12.6. The number of carbonyl (C=O) groups is 2. The summed E-state index contributed by atoms with van der Waals surface area (Å²) in [5.41, 5.74) is 1.23. The van der Waals surface area contributed by atoms with E-state index in [-0.39, 0.29) is 30.7 Å². The van der Waals surface area contributed by atoms with Gasteiger partial charge in [0.2, 0.25) is 0 Å². The summed E-state index contributed by atoms with van der Waals surface area (Å²) >= 11 is 0. The van der Waals surface area contributed by atoms with E-state index < -0.39 is 5.60 Å². The fourth-order valence-corrected chi connectivity index (χ4v) is 6.73. The second kappa shape index (κ2) is 10.3. The van der Waals surface area contributed by atoms with Crippen LogP contribution in [0.5, 0.6) is 0 Å². The number of esters is 1. The summed E-state index contributed by atoms with van der Waals surface area (Å²) in [6.45, 7) is 2.43. The fraction of sp³-hybridized carbons (Fsp3) is 0.643. The van der Waals surface area contributed by atoms with Crippen molar-refractivity contribution in [1.82, 2.24) is 0 Å². The summed E-state index contributed by atoms with van der Waals surface area (Å²) in [6, 6.07) is 9.65. The number of benzene rings is 1. The molecular weight excluding hydrogens is 400 g/mol. The summed E-state index contributed by atoms with van der Waals surface area (Å²) in [4.78, 5) is 25.5. The van der Waals surface area contributed by atoms with Gasteiger partial charge in [0.05, 0.1) is 12.0 Å². The second-order valence-corrected chi connectivity index (χ2v) is 10.2. The Morgan fingerprint density at radius 1 is 1.12 bits per heavy atom. The van der Waals surface area contributed by atoms with Gasteiger partial charge in [0.1, 0.15) is 12.4 Å². The highest BCUT2D eigenvalue weighted by Crippen LogP contribution is 2.54. The molecule has 1 aromatic carbocycles. The van der Waals surface area contributed by atoms with Crippen molar-refractivity contribution in [1.29, 1.82) is 0 Å². The molecular formula is C28H38O4. The van der Waals surface area contributed by atoms with Gasteiger partial charge in [-0.1, -0.05) is 55.3 Å². The van der Waals surface area contributed by atoms with Crippen molar-refractivity contribution >= 4 is 11.8 Å². The molecule has 1 aromatic rings. The molecule has 0 amide bonds. The zero-order valence-corrected chi connectivity index (χ0v) is 19.4. The van der Waals surface area contributed by atoms with Gasteiger partial charge in [0, 0.05) is 12.8 Å². The van der Waals surface area contributed by atoms with Gasteiger partial charge in [-0.2, -0.15) is 0 Å². The van der Waals surface area contributed by atoms with Crippen LogP contribution in [0.3, 0.4) is 0 Å². The molecule has 0 radical (unpaired) electrons. The van der Waals surface area contributed by atoms with E-state index in [1.54, 1.807) is 0 Å². The largest absolute Gasteiger partial charge is 0.461 e. The van der Waals surface area contributed by atoms with Crippen LogP contribution < -0.4 is 0 Å². The number of allylic oxidation sites excluding steroid dienone is 2. The molecule has 4 heteroatoms. The predicted octanol–water partition coefficient (Wildman–Crippen LogP) is 5.77. The van der Waals surface area contributed by atoms with Gasteiger partial charge in [0.15, 0.2) is 0 Å². The number of aliphatic hydroxyl groups is 1. The lowest BCUT2D eigenvalue weighted by molar-refractivity contribution is -0.159. The maximum absolute atomic E-state index is 13.0. The van der Waals surface area contributed by atoms with Crippen molar-refractivity contribution in [3.63, 3.8) is 0 Å². The molecule has 3 aliphatic rings. The number of ether oxygens (including phenoxy) is 1. The van der Waals surface area contributed by atoms with E-state index in [0.29, 0.717) is 37.0 Å². The predicted molar refractivity (Wildman–Crippen MR) is 125 cm³/mol. The fourth-order valence-electron chi connectivity index (χ4n) is 6.73. The van der Waals surface area contributed by atoms with E-state index in [0.717, 1.165) is 50.5 Å². The summed E-state index contributed by atoms with van der Waals surface area (Å²) in [6.07, 6.45) is 11.1. The van der Waals surface area contributed by atoms with Gasteiger partial charge in [-0.25, -0.2) is 0 Å². The van der Waals surface area contributed by atoms with Crippen LogP contribution in [0.2, 0.25) is 0 Å². The van der Waals surface area contributed by atoms with E-state index in [2.05, 4.69) is 13.0 Å². The molecule has 0 heterocycles. The summed E-state index contributed by atoms with van der Waals surface area (Å²) in [5.74, 6) is 1.01. The van der Waals surface area contributed by atoms with Gasteiger partial charge in [-0.3, -0.25) is 9.59 Å². The minimum absolute atomic E-state index is 0.0194. The van der Waals surface area contributed by atoms with E-state index in [1.807, 2.05) is 30.3 Å². The molecule has 0 aromatic heterocycles. The number of rotatable bonds is 5. The van der Waals surface area contributed by atoms with E-state index in [1.165, 1.54) is 5.57 Å². The molecule has 0 spiro atoms. The highest BCUT2D eigenvalue weighted by atomic mass is 16.5. The lowest BCUT2D eigenvalue weighted by Crippen LogP contribution is -2.51. The normalized spacial score (nSPS) is 33.1. The van der Waals surface area contributed by atoms with Crippen LogP contribution in [0, 0.1) is 23.7 Å². The van der Waals surface area contributed by atoms with Gasteiger partial charge >= 0.3 is 5.97 Å². The Balaban J connectivity index is 1.60. The Kier molecular flexibility index (Phi) is 7.50. The minimum atomic E-state index is -1.19. The van der Waals surface area contributed by atoms with Crippen LogP contribution in [0.4, 0.5) is 0 Å². The number of ketones is 1.